The molecule has 0 fully saturated rings. The number of aromatic nitrogens is 4. The normalized spacial score (nSPS) is 11.4. The smallest absolute Gasteiger partial charge is 0.437 e. The van der Waals surface area contributed by atoms with E-state index in [9.17, 15) is 22.8 Å². The van der Waals surface area contributed by atoms with E-state index < -0.39 is 28.7 Å². The summed E-state index contributed by atoms with van der Waals surface area (Å²) in [5, 5.41) is 15.2. The maximum absolute atomic E-state index is 13.5. The van der Waals surface area contributed by atoms with Crippen LogP contribution in [0, 0.1) is 11.3 Å². The minimum Gasteiger partial charge on any atom is -0.449 e. The number of hydrogen-bond donors (Lipinski definition) is 1. The number of rotatable bonds is 5. The van der Waals surface area contributed by atoms with Crippen molar-refractivity contribution in [1.29, 1.82) is 5.26 Å². The van der Waals surface area contributed by atoms with E-state index in [0.717, 1.165) is 23.0 Å². The monoisotopic (exact) mass is 465 g/mol. The Morgan fingerprint density at radius 2 is 1.97 bits per heavy atom. The summed E-state index contributed by atoms with van der Waals surface area (Å²) >= 11 is 5.87. The van der Waals surface area contributed by atoms with Crippen LogP contribution in [0.2, 0.25) is 5.02 Å². The average Bonchev–Trinajstić information content (AvgIpc) is 2.70. The van der Waals surface area contributed by atoms with Crippen molar-refractivity contribution < 1.29 is 17.9 Å². The number of nitrogens with one attached hydrogen (secondary N) is 1. The molecule has 0 bridgehead atoms. The van der Waals surface area contributed by atoms with Gasteiger partial charge < -0.3 is 4.74 Å². The number of alkyl halides is 3. The Morgan fingerprint density at radius 1 is 1.25 bits per heavy atom. The Kier molecular flexibility index (Phi) is 6.36. The van der Waals surface area contributed by atoms with Crippen LogP contribution in [-0.4, -0.2) is 19.7 Å². The van der Waals surface area contributed by atoms with Gasteiger partial charge in [-0.15, -0.1) is 0 Å². The van der Waals surface area contributed by atoms with E-state index in [1.807, 2.05) is 0 Å². The lowest BCUT2D eigenvalue weighted by Crippen LogP contribution is -2.27. The average molecular weight is 466 g/mol. The quantitative estimate of drug-likeness (QED) is 0.612. The van der Waals surface area contributed by atoms with E-state index in [2.05, 4.69) is 15.2 Å². The van der Waals surface area contributed by atoms with E-state index in [0.29, 0.717) is 5.56 Å². The van der Waals surface area contributed by atoms with Crippen LogP contribution in [0.15, 0.2) is 40.2 Å². The van der Waals surface area contributed by atoms with Crippen molar-refractivity contribution in [1.82, 2.24) is 19.7 Å². The first kappa shape index (κ1) is 23.0. The maximum Gasteiger partial charge on any atom is 0.437 e. The molecule has 3 aromatic rings. The SMILES string of the molecule is CC(C)c1cc(Cn2cnc(C(F)(F)F)c(Oc3cc(Cl)cc(C#N)c3)c2=O)n[nH]c1=O. The molecule has 1 N–H and O–H groups in total. The van der Waals surface area contributed by atoms with Crippen molar-refractivity contribution in [3.63, 3.8) is 0 Å². The van der Waals surface area contributed by atoms with Crippen LogP contribution in [0.5, 0.6) is 11.5 Å². The zero-order valence-electron chi connectivity index (χ0n) is 16.7. The molecular formula is C20H15ClF3N5O3. The Hall–Kier alpha value is -3.65. The highest BCUT2D eigenvalue weighted by Gasteiger charge is 2.38. The van der Waals surface area contributed by atoms with Crippen molar-refractivity contribution in [2.75, 3.05) is 0 Å². The van der Waals surface area contributed by atoms with E-state index >= 15 is 0 Å². The molecule has 2 heterocycles. The lowest BCUT2D eigenvalue weighted by Gasteiger charge is -2.15. The molecule has 12 heteroatoms. The third-order valence-corrected chi connectivity index (χ3v) is 4.54. The highest BCUT2D eigenvalue weighted by molar-refractivity contribution is 6.30. The van der Waals surface area contributed by atoms with Crippen molar-refractivity contribution in [3.8, 4) is 17.6 Å². The fraction of sp³-hybridized carbons (Fsp3) is 0.250. The molecule has 166 valence electrons. The number of H-pyrrole nitrogens is 1. The number of benzene rings is 1. The fourth-order valence-electron chi connectivity index (χ4n) is 2.83. The summed E-state index contributed by atoms with van der Waals surface area (Å²) in [6, 6.07) is 6.85. The molecule has 32 heavy (non-hydrogen) atoms. The van der Waals surface area contributed by atoms with E-state index in [4.69, 9.17) is 21.6 Å². The lowest BCUT2D eigenvalue weighted by atomic mass is 10.1. The van der Waals surface area contributed by atoms with Crippen molar-refractivity contribution >= 4 is 11.6 Å². The largest absolute Gasteiger partial charge is 0.449 e. The van der Waals surface area contributed by atoms with Gasteiger partial charge in [-0.1, -0.05) is 25.4 Å². The van der Waals surface area contributed by atoms with Gasteiger partial charge in [-0.05, 0) is 30.2 Å². The number of nitriles is 1. The molecular weight excluding hydrogens is 451 g/mol. The van der Waals surface area contributed by atoms with Gasteiger partial charge in [0.15, 0.2) is 5.69 Å². The molecule has 8 nitrogen and oxygen atoms in total. The van der Waals surface area contributed by atoms with Crippen LogP contribution in [0.3, 0.4) is 0 Å². The van der Waals surface area contributed by atoms with Gasteiger partial charge in [0, 0.05) is 10.6 Å². The topological polar surface area (TPSA) is 114 Å². The minimum atomic E-state index is -4.98. The second kappa shape index (κ2) is 8.84. The Balaban J connectivity index is 2.09. The first-order valence-corrected chi connectivity index (χ1v) is 9.51. The summed E-state index contributed by atoms with van der Waals surface area (Å²) < 4.78 is 46.5. The van der Waals surface area contributed by atoms with Gasteiger partial charge in [-0.25, -0.2) is 10.1 Å². The predicted octanol–water partition coefficient (Wildman–Crippen LogP) is 3.83. The number of nitrogens with zero attached hydrogens (tertiary/aromatic N) is 4. The molecule has 0 spiro atoms. The number of ether oxygens (including phenoxy) is 1. The van der Waals surface area contributed by atoms with Crippen LogP contribution < -0.4 is 15.9 Å². The van der Waals surface area contributed by atoms with Crippen LogP contribution in [0.25, 0.3) is 0 Å². The minimum absolute atomic E-state index is 0.0314. The standard InChI is InChI=1S/C20H15ClF3N5O3/c1-10(2)15-6-13(27-28-18(15)30)8-29-9-26-17(20(22,23)24)16(19(29)31)32-14-4-11(7-25)3-12(21)5-14/h3-6,9-10H,8H2,1-2H3,(H,28,30). The Labute approximate surface area is 183 Å². The van der Waals surface area contributed by atoms with Gasteiger partial charge in [0.2, 0.25) is 5.75 Å². The predicted molar refractivity (Wildman–Crippen MR) is 108 cm³/mol. The van der Waals surface area contributed by atoms with Crippen LogP contribution in [0.1, 0.15) is 42.3 Å². The third kappa shape index (κ3) is 4.97. The summed E-state index contributed by atoms with van der Waals surface area (Å²) in [4.78, 5) is 28.1. The van der Waals surface area contributed by atoms with Gasteiger partial charge in [-0.2, -0.15) is 23.5 Å². The summed E-state index contributed by atoms with van der Waals surface area (Å²) in [6.45, 7) is 3.30. The molecule has 1 aromatic carbocycles. The highest BCUT2D eigenvalue weighted by atomic mass is 35.5. The summed E-state index contributed by atoms with van der Waals surface area (Å²) in [5.74, 6) is -1.46. The first-order valence-electron chi connectivity index (χ1n) is 9.13. The number of aromatic amines is 1. The molecule has 0 saturated heterocycles. The Bertz CT molecular complexity index is 1330. The number of halogens is 4. The van der Waals surface area contributed by atoms with Gasteiger partial charge >= 0.3 is 6.18 Å². The molecule has 0 aliphatic carbocycles. The second-order valence-corrected chi connectivity index (χ2v) is 7.48. The Morgan fingerprint density at radius 3 is 2.59 bits per heavy atom. The zero-order valence-corrected chi connectivity index (χ0v) is 17.5. The first-order chi connectivity index (χ1) is 15.0. The van der Waals surface area contributed by atoms with Gasteiger partial charge in [0.25, 0.3) is 11.1 Å². The lowest BCUT2D eigenvalue weighted by molar-refractivity contribution is -0.142. The van der Waals surface area contributed by atoms with Crippen LogP contribution >= 0.6 is 11.6 Å². The second-order valence-electron chi connectivity index (χ2n) is 7.04. The summed E-state index contributed by atoms with van der Waals surface area (Å²) in [6.07, 6.45) is -4.26. The van der Waals surface area contributed by atoms with Crippen molar-refractivity contribution in [3.05, 3.63) is 78.8 Å². The molecule has 0 aliphatic rings. The van der Waals surface area contributed by atoms with Crippen LogP contribution in [0.4, 0.5) is 13.2 Å². The van der Waals surface area contributed by atoms with Crippen molar-refractivity contribution in [2.45, 2.75) is 32.5 Å². The third-order valence-electron chi connectivity index (χ3n) is 4.32. The van der Waals surface area contributed by atoms with Gasteiger partial charge in [-0.3, -0.25) is 14.2 Å². The molecule has 0 saturated carbocycles. The molecule has 3 rings (SSSR count). The summed E-state index contributed by atoms with van der Waals surface area (Å²) in [7, 11) is 0. The van der Waals surface area contributed by atoms with E-state index in [1.165, 1.54) is 12.1 Å². The molecule has 0 amide bonds. The number of hydrogen-bond acceptors (Lipinski definition) is 6. The van der Waals surface area contributed by atoms with Crippen molar-refractivity contribution in [2.24, 2.45) is 0 Å². The molecule has 0 atom stereocenters. The van der Waals surface area contributed by atoms with E-state index in [-0.39, 0.29) is 34.5 Å². The molecule has 0 radical (unpaired) electrons. The van der Waals surface area contributed by atoms with Gasteiger partial charge in [0.05, 0.1) is 30.2 Å². The fourth-order valence-corrected chi connectivity index (χ4v) is 3.05. The summed E-state index contributed by atoms with van der Waals surface area (Å²) in [5.41, 5.74) is -2.40. The molecule has 0 aliphatic heterocycles. The van der Waals surface area contributed by atoms with Crippen LogP contribution in [-0.2, 0) is 12.7 Å². The van der Waals surface area contributed by atoms with E-state index in [1.54, 1.807) is 19.9 Å². The highest BCUT2D eigenvalue weighted by Crippen LogP contribution is 2.35. The van der Waals surface area contributed by atoms with Gasteiger partial charge in [0.1, 0.15) is 5.75 Å². The maximum atomic E-state index is 13.5. The zero-order chi connectivity index (χ0) is 23.6. The molecule has 2 aromatic heterocycles. The molecule has 0 unspecified atom stereocenters.